The number of esters is 1. The Morgan fingerprint density at radius 1 is 1.47 bits per heavy atom. The molecule has 0 atom stereocenters. The van der Waals surface area contributed by atoms with Crippen LogP contribution in [0.2, 0.25) is 0 Å². The number of rotatable bonds is 2. The largest absolute Gasteiger partial charge is 0.465 e. The molecule has 0 bridgehead atoms. The first-order chi connectivity index (χ1) is 6.97. The molecule has 0 heterocycles. The molecule has 0 saturated carbocycles. The minimum absolute atomic E-state index is 0.116. The molecule has 0 radical (unpaired) electrons. The number of hydrogen-bond acceptors (Lipinski definition) is 2. The van der Waals surface area contributed by atoms with Crippen LogP contribution in [0, 0.1) is 6.92 Å². The minimum atomic E-state index is -2.61. The van der Waals surface area contributed by atoms with Gasteiger partial charge in [0.15, 0.2) is 0 Å². The predicted octanol–water partition coefficient (Wildman–Crippen LogP) is 3.48. The molecule has 82 valence electrons. The Hall–Kier alpha value is -0.970. The first-order valence-corrected chi connectivity index (χ1v) is 4.93. The summed E-state index contributed by atoms with van der Waals surface area (Å²) in [7, 11) is 1.21. The minimum Gasteiger partial charge on any atom is -0.465 e. The van der Waals surface area contributed by atoms with Crippen molar-refractivity contribution in [3.8, 4) is 0 Å². The highest BCUT2D eigenvalue weighted by Crippen LogP contribution is 2.29. The van der Waals surface area contributed by atoms with Crippen LogP contribution in [0.25, 0.3) is 0 Å². The summed E-state index contributed by atoms with van der Waals surface area (Å²) in [4.78, 5) is 11.2. The van der Waals surface area contributed by atoms with E-state index in [1.54, 1.807) is 6.92 Å². The molecule has 0 aliphatic carbocycles. The summed E-state index contributed by atoms with van der Waals surface area (Å²) >= 11 is 3.12. The van der Waals surface area contributed by atoms with Crippen LogP contribution in [0.1, 0.15) is 27.9 Å². The Morgan fingerprint density at radius 2 is 2.07 bits per heavy atom. The zero-order chi connectivity index (χ0) is 11.6. The van der Waals surface area contributed by atoms with E-state index in [-0.39, 0.29) is 11.1 Å². The maximum absolute atomic E-state index is 12.6. The maximum Gasteiger partial charge on any atom is 0.337 e. The number of halogens is 3. The summed E-state index contributed by atoms with van der Waals surface area (Å²) in [6.45, 7) is 1.56. The van der Waals surface area contributed by atoms with Crippen LogP contribution in [-0.4, -0.2) is 13.1 Å². The molecule has 1 aromatic rings. The van der Waals surface area contributed by atoms with Gasteiger partial charge in [-0.3, -0.25) is 0 Å². The molecule has 0 aliphatic heterocycles. The van der Waals surface area contributed by atoms with Gasteiger partial charge in [0.2, 0.25) is 0 Å². The predicted molar refractivity (Wildman–Crippen MR) is 55.2 cm³/mol. The van der Waals surface area contributed by atoms with Gasteiger partial charge < -0.3 is 4.74 Å². The van der Waals surface area contributed by atoms with Crippen LogP contribution in [0.15, 0.2) is 16.6 Å². The van der Waals surface area contributed by atoms with Gasteiger partial charge in [-0.25, -0.2) is 13.6 Å². The Morgan fingerprint density at radius 3 is 2.53 bits per heavy atom. The van der Waals surface area contributed by atoms with Gasteiger partial charge in [0.1, 0.15) is 0 Å². The molecule has 0 unspecified atom stereocenters. The fourth-order valence-electron chi connectivity index (χ4n) is 1.16. The van der Waals surface area contributed by atoms with E-state index in [4.69, 9.17) is 0 Å². The van der Waals surface area contributed by atoms with Gasteiger partial charge in [-0.2, -0.15) is 0 Å². The van der Waals surface area contributed by atoms with E-state index in [1.807, 2.05) is 0 Å². The van der Waals surface area contributed by atoms with E-state index in [2.05, 4.69) is 20.7 Å². The average Bonchev–Trinajstić information content (AvgIpc) is 2.20. The summed E-state index contributed by atoms with van der Waals surface area (Å²) in [5, 5.41) is 0. The van der Waals surface area contributed by atoms with Crippen LogP contribution < -0.4 is 0 Å². The average molecular weight is 279 g/mol. The lowest BCUT2D eigenvalue weighted by molar-refractivity contribution is 0.0600. The fraction of sp³-hybridized carbons (Fsp3) is 0.300. The summed E-state index contributed by atoms with van der Waals surface area (Å²) in [6, 6.07) is 2.61. The summed E-state index contributed by atoms with van der Waals surface area (Å²) in [5.41, 5.74) is 0.382. The molecule has 0 spiro atoms. The van der Waals surface area contributed by atoms with E-state index >= 15 is 0 Å². The van der Waals surface area contributed by atoms with Crippen molar-refractivity contribution >= 4 is 21.9 Å². The Kier molecular flexibility index (Phi) is 3.79. The van der Waals surface area contributed by atoms with E-state index in [1.165, 1.54) is 13.2 Å². The quantitative estimate of drug-likeness (QED) is 0.775. The molecule has 0 fully saturated rings. The molecule has 0 aromatic heterocycles. The number of methoxy groups -OCH3 is 1. The van der Waals surface area contributed by atoms with Crippen LogP contribution in [0.5, 0.6) is 0 Å². The Labute approximate surface area is 94.4 Å². The molecule has 1 rings (SSSR count). The topological polar surface area (TPSA) is 26.3 Å². The molecule has 2 nitrogen and oxygen atoms in total. The molecule has 1 aromatic carbocycles. The summed E-state index contributed by atoms with van der Waals surface area (Å²) < 4.78 is 30.1. The van der Waals surface area contributed by atoms with Crippen molar-refractivity contribution in [1.29, 1.82) is 0 Å². The molecule has 15 heavy (non-hydrogen) atoms. The zero-order valence-electron chi connectivity index (χ0n) is 8.18. The number of alkyl halides is 2. The van der Waals surface area contributed by atoms with Gasteiger partial charge >= 0.3 is 5.97 Å². The molecular weight excluding hydrogens is 270 g/mol. The second-order valence-electron chi connectivity index (χ2n) is 2.96. The monoisotopic (exact) mass is 278 g/mol. The van der Waals surface area contributed by atoms with Crippen LogP contribution >= 0.6 is 15.9 Å². The second-order valence-corrected chi connectivity index (χ2v) is 3.82. The van der Waals surface area contributed by atoms with Crippen LogP contribution in [0.4, 0.5) is 8.78 Å². The zero-order valence-corrected chi connectivity index (χ0v) is 9.77. The molecule has 0 N–H and O–H groups in total. The number of ether oxygens (including phenoxy) is 1. The fourth-order valence-corrected chi connectivity index (χ4v) is 1.64. The number of carbonyl (C=O) groups is 1. The third kappa shape index (κ3) is 2.53. The third-order valence-corrected chi connectivity index (χ3v) is 2.86. The molecular formula is C10H9BrF2O2. The molecule has 0 aliphatic rings. The van der Waals surface area contributed by atoms with E-state index in [9.17, 15) is 13.6 Å². The lowest BCUT2D eigenvalue weighted by atomic mass is 10.1. The standard InChI is InChI=1S/C10H9BrF2O2/c1-5-7(9(12)13)3-6(4-8(5)11)10(14)15-2/h3-4,9H,1-2H3. The van der Waals surface area contributed by atoms with Crippen molar-refractivity contribution in [2.24, 2.45) is 0 Å². The van der Waals surface area contributed by atoms with Crippen molar-refractivity contribution in [2.75, 3.05) is 7.11 Å². The molecule has 0 amide bonds. The Balaban J connectivity index is 3.29. The third-order valence-electron chi connectivity index (χ3n) is 2.04. The second kappa shape index (κ2) is 4.70. The van der Waals surface area contributed by atoms with Gasteiger partial charge in [0, 0.05) is 10.0 Å². The van der Waals surface area contributed by atoms with E-state index < -0.39 is 12.4 Å². The number of benzene rings is 1. The molecule has 5 heteroatoms. The van der Waals surface area contributed by atoms with Gasteiger partial charge in [-0.15, -0.1) is 0 Å². The van der Waals surface area contributed by atoms with Crippen LogP contribution in [-0.2, 0) is 4.74 Å². The van der Waals surface area contributed by atoms with Crippen LogP contribution in [0.3, 0.4) is 0 Å². The normalized spacial score (nSPS) is 10.5. The van der Waals surface area contributed by atoms with Gasteiger partial charge in [-0.1, -0.05) is 15.9 Å². The van der Waals surface area contributed by atoms with E-state index in [0.717, 1.165) is 6.07 Å². The Bertz CT molecular complexity index is 391. The smallest absolute Gasteiger partial charge is 0.337 e. The van der Waals surface area contributed by atoms with Gasteiger partial charge in [0.05, 0.1) is 12.7 Å². The molecule has 0 saturated heterocycles. The van der Waals surface area contributed by atoms with Crippen molar-refractivity contribution in [2.45, 2.75) is 13.3 Å². The lowest BCUT2D eigenvalue weighted by Crippen LogP contribution is -2.03. The number of hydrogen-bond donors (Lipinski definition) is 0. The summed E-state index contributed by atoms with van der Waals surface area (Å²) in [5.74, 6) is -0.627. The van der Waals surface area contributed by atoms with E-state index in [0.29, 0.717) is 10.0 Å². The summed E-state index contributed by atoms with van der Waals surface area (Å²) in [6.07, 6.45) is -2.61. The SMILES string of the molecule is COC(=O)c1cc(Br)c(C)c(C(F)F)c1. The van der Waals surface area contributed by atoms with Crippen molar-refractivity contribution in [1.82, 2.24) is 0 Å². The van der Waals surface area contributed by atoms with Gasteiger partial charge in [0.25, 0.3) is 6.43 Å². The van der Waals surface area contributed by atoms with Gasteiger partial charge in [-0.05, 0) is 24.6 Å². The first-order valence-electron chi connectivity index (χ1n) is 4.14. The highest BCUT2D eigenvalue weighted by molar-refractivity contribution is 9.10. The van der Waals surface area contributed by atoms with Crippen molar-refractivity contribution < 1.29 is 18.3 Å². The highest BCUT2D eigenvalue weighted by Gasteiger charge is 2.17. The maximum atomic E-state index is 12.6. The number of carbonyl (C=O) groups excluding carboxylic acids is 1. The van der Waals surface area contributed by atoms with Crippen molar-refractivity contribution in [3.63, 3.8) is 0 Å². The first kappa shape index (κ1) is 12.1. The highest BCUT2D eigenvalue weighted by atomic mass is 79.9. The lowest BCUT2D eigenvalue weighted by Gasteiger charge is -2.09. The van der Waals surface area contributed by atoms with Crippen molar-refractivity contribution in [3.05, 3.63) is 33.3 Å².